The molecule has 3 nitrogen and oxygen atoms in total. The van der Waals surface area contributed by atoms with Crippen LogP contribution < -0.4 is 0 Å². The molecule has 2 heterocycles. The van der Waals surface area contributed by atoms with Crippen molar-refractivity contribution in [2.75, 3.05) is 6.61 Å². The summed E-state index contributed by atoms with van der Waals surface area (Å²) in [6, 6.07) is 3.89. The molecule has 0 aromatic carbocycles. The molecule has 0 aliphatic rings. The molecule has 0 bridgehead atoms. The quantitative estimate of drug-likeness (QED) is 0.781. The van der Waals surface area contributed by atoms with E-state index in [1.165, 1.54) is 0 Å². The summed E-state index contributed by atoms with van der Waals surface area (Å²) in [6.07, 6.45) is 3.88. The Bertz CT molecular complexity index is 526. The van der Waals surface area contributed by atoms with E-state index in [4.69, 9.17) is 4.74 Å². The third-order valence-corrected chi connectivity index (χ3v) is 3.91. The van der Waals surface area contributed by atoms with Crippen molar-refractivity contribution in [1.29, 1.82) is 0 Å². The number of aromatic nitrogens is 1. The average molecular weight is 249 g/mol. The van der Waals surface area contributed by atoms with Crippen LogP contribution in [-0.2, 0) is 4.74 Å². The lowest BCUT2D eigenvalue weighted by molar-refractivity contribution is 0.0526. The fourth-order valence-electron chi connectivity index (χ4n) is 1.70. The van der Waals surface area contributed by atoms with E-state index in [0.717, 1.165) is 15.4 Å². The van der Waals surface area contributed by atoms with Gasteiger partial charge in [-0.25, -0.2) is 4.79 Å². The van der Waals surface area contributed by atoms with Crippen LogP contribution in [0, 0.1) is 13.8 Å². The number of ether oxygens (including phenoxy) is 1. The molecule has 90 valence electrons. The van der Waals surface area contributed by atoms with Crippen LogP contribution in [0.15, 0.2) is 24.5 Å². The summed E-state index contributed by atoms with van der Waals surface area (Å²) in [5.74, 6) is -0.238. The molecule has 0 N–H and O–H groups in total. The molecule has 2 aromatic heterocycles. The number of aryl methyl sites for hydroxylation is 1. The number of carbonyl (C=O) groups excluding carboxylic acids is 1. The fraction of sp³-hybridized carbons (Fsp3) is 0.308. The minimum atomic E-state index is -0.238. The molecule has 0 amide bonds. The molecule has 0 atom stereocenters. The van der Waals surface area contributed by atoms with Gasteiger partial charge in [-0.3, -0.25) is 0 Å². The van der Waals surface area contributed by atoms with Crippen molar-refractivity contribution in [2.45, 2.75) is 20.8 Å². The molecule has 0 aliphatic carbocycles. The van der Waals surface area contributed by atoms with Crippen LogP contribution in [-0.4, -0.2) is 17.1 Å². The summed E-state index contributed by atoms with van der Waals surface area (Å²) in [5, 5.41) is 0.934. The van der Waals surface area contributed by atoms with E-state index in [1.807, 2.05) is 49.9 Å². The average Bonchev–Trinajstić information content (AvgIpc) is 2.88. The first-order valence-corrected chi connectivity index (χ1v) is 6.37. The van der Waals surface area contributed by atoms with Crippen LogP contribution in [0.4, 0.5) is 0 Å². The fourth-order valence-corrected chi connectivity index (χ4v) is 2.82. The van der Waals surface area contributed by atoms with Crippen LogP contribution >= 0.6 is 11.3 Å². The van der Waals surface area contributed by atoms with Gasteiger partial charge in [-0.15, -0.1) is 11.3 Å². The predicted molar refractivity (Wildman–Crippen MR) is 69.1 cm³/mol. The number of rotatable bonds is 3. The van der Waals surface area contributed by atoms with Crippen LogP contribution in [0.2, 0.25) is 0 Å². The Kier molecular flexibility index (Phi) is 3.33. The van der Waals surface area contributed by atoms with E-state index in [-0.39, 0.29) is 5.97 Å². The van der Waals surface area contributed by atoms with Crippen molar-refractivity contribution in [3.63, 3.8) is 0 Å². The van der Waals surface area contributed by atoms with Crippen LogP contribution in [0.1, 0.15) is 27.7 Å². The standard InChI is InChI=1S/C13H15NO2S/c1-4-16-13(15)11-9(2)10(3)17-12(11)14-7-5-6-8-14/h5-8H,4H2,1-3H3. The molecule has 0 unspecified atom stereocenters. The van der Waals surface area contributed by atoms with Gasteiger partial charge in [-0.1, -0.05) is 0 Å². The molecule has 0 saturated heterocycles. The maximum atomic E-state index is 12.0. The number of esters is 1. The van der Waals surface area contributed by atoms with Crippen LogP contribution in [0.3, 0.4) is 0 Å². The van der Waals surface area contributed by atoms with Gasteiger partial charge in [-0.05, 0) is 38.5 Å². The van der Waals surface area contributed by atoms with Crippen molar-refractivity contribution in [2.24, 2.45) is 0 Å². The molecular weight excluding hydrogens is 234 g/mol. The highest BCUT2D eigenvalue weighted by Gasteiger charge is 2.21. The second kappa shape index (κ2) is 4.75. The zero-order valence-corrected chi connectivity index (χ0v) is 11.0. The first kappa shape index (κ1) is 11.9. The molecular formula is C13H15NO2S. The van der Waals surface area contributed by atoms with Gasteiger partial charge in [0.25, 0.3) is 0 Å². The Morgan fingerprint density at radius 3 is 2.59 bits per heavy atom. The lowest BCUT2D eigenvalue weighted by atomic mass is 10.1. The van der Waals surface area contributed by atoms with Crippen molar-refractivity contribution >= 4 is 17.3 Å². The maximum absolute atomic E-state index is 12.0. The number of hydrogen-bond donors (Lipinski definition) is 0. The summed E-state index contributed by atoms with van der Waals surface area (Å²) in [4.78, 5) is 13.1. The van der Waals surface area contributed by atoms with Crippen LogP contribution in [0.5, 0.6) is 0 Å². The Labute approximate surface area is 105 Å². The predicted octanol–water partition coefficient (Wildman–Crippen LogP) is 3.33. The minimum Gasteiger partial charge on any atom is -0.462 e. The molecule has 17 heavy (non-hydrogen) atoms. The molecule has 0 fully saturated rings. The number of carbonyl (C=O) groups is 1. The molecule has 0 radical (unpaired) electrons. The minimum absolute atomic E-state index is 0.238. The molecule has 2 rings (SSSR count). The largest absolute Gasteiger partial charge is 0.462 e. The van der Waals surface area contributed by atoms with Gasteiger partial charge < -0.3 is 9.30 Å². The second-order valence-corrected chi connectivity index (χ2v) is 4.98. The van der Waals surface area contributed by atoms with E-state index in [9.17, 15) is 4.79 Å². The summed E-state index contributed by atoms with van der Waals surface area (Å²) in [5.41, 5.74) is 1.70. The number of hydrogen-bond acceptors (Lipinski definition) is 3. The normalized spacial score (nSPS) is 10.5. The lowest BCUT2D eigenvalue weighted by Gasteiger charge is -2.05. The molecule has 2 aromatic rings. The zero-order valence-electron chi connectivity index (χ0n) is 10.2. The van der Waals surface area contributed by atoms with Gasteiger partial charge in [-0.2, -0.15) is 0 Å². The Hall–Kier alpha value is -1.55. The van der Waals surface area contributed by atoms with Crippen LogP contribution in [0.25, 0.3) is 5.00 Å². The van der Waals surface area contributed by atoms with Crippen molar-refractivity contribution in [3.05, 3.63) is 40.5 Å². The van der Waals surface area contributed by atoms with Gasteiger partial charge in [0.2, 0.25) is 0 Å². The van der Waals surface area contributed by atoms with Gasteiger partial charge in [0.05, 0.1) is 12.2 Å². The smallest absolute Gasteiger partial charge is 0.341 e. The van der Waals surface area contributed by atoms with E-state index in [0.29, 0.717) is 12.2 Å². The van der Waals surface area contributed by atoms with Crippen molar-refractivity contribution in [1.82, 2.24) is 4.57 Å². The highest BCUT2D eigenvalue weighted by atomic mass is 32.1. The SMILES string of the molecule is CCOC(=O)c1c(-n2cccc2)sc(C)c1C. The molecule has 0 saturated carbocycles. The molecule has 0 spiro atoms. The highest BCUT2D eigenvalue weighted by molar-refractivity contribution is 7.15. The number of nitrogens with zero attached hydrogens (tertiary/aromatic N) is 1. The second-order valence-electron chi connectivity index (χ2n) is 3.77. The van der Waals surface area contributed by atoms with Crippen molar-refractivity contribution < 1.29 is 9.53 Å². The third kappa shape index (κ3) is 2.13. The lowest BCUT2D eigenvalue weighted by Crippen LogP contribution is -2.08. The summed E-state index contributed by atoms with van der Waals surface area (Å²) in [7, 11) is 0. The first-order chi connectivity index (χ1) is 8.15. The summed E-state index contributed by atoms with van der Waals surface area (Å²) < 4.78 is 7.07. The van der Waals surface area contributed by atoms with Crippen molar-refractivity contribution in [3.8, 4) is 5.00 Å². The molecule has 0 aliphatic heterocycles. The first-order valence-electron chi connectivity index (χ1n) is 5.55. The van der Waals surface area contributed by atoms with E-state index in [2.05, 4.69) is 0 Å². The summed E-state index contributed by atoms with van der Waals surface area (Å²) >= 11 is 1.62. The Morgan fingerprint density at radius 2 is 2.00 bits per heavy atom. The van der Waals surface area contributed by atoms with E-state index >= 15 is 0 Å². The Balaban J connectivity index is 2.53. The van der Waals surface area contributed by atoms with Gasteiger partial charge >= 0.3 is 5.97 Å². The van der Waals surface area contributed by atoms with Gasteiger partial charge in [0, 0.05) is 17.3 Å². The highest BCUT2D eigenvalue weighted by Crippen LogP contribution is 2.31. The third-order valence-electron chi connectivity index (χ3n) is 2.69. The number of thiophene rings is 1. The van der Waals surface area contributed by atoms with E-state index in [1.54, 1.807) is 11.3 Å². The summed E-state index contributed by atoms with van der Waals surface area (Å²) in [6.45, 7) is 6.21. The van der Waals surface area contributed by atoms with E-state index < -0.39 is 0 Å². The molecule has 4 heteroatoms. The maximum Gasteiger partial charge on any atom is 0.341 e. The van der Waals surface area contributed by atoms with Gasteiger partial charge in [0.15, 0.2) is 0 Å². The zero-order chi connectivity index (χ0) is 12.4. The topological polar surface area (TPSA) is 31.2 Å². The monoisotopic (exact) mass is 249 g/mol. The van der Waals surface area contributed by atoms with Gasteiger partial charge in [0.1, 0.15) is 5.00 Å². The Morgan fingerprint density at radius 1 is 1.35 bits per heavy atom.